The van der Waals surface area contributed by atoms with Crippen molar-refractivity contribution in [2.75, 3.05) is 13.2 Å². The first-order valence-electron chi connectivity index (χ1n) is 15.1. The summed E-state index contributed by atoms with van der Waals surface area (Å²) in [5.74, 6) is -0.897. The lowest BCUT2D eigenvalue weighted by molar-refractivity contribution is -0.339. The third-order valence-corrected chi connectivity index (χ3v) is 10.9. The Kier molecular flexibility index (Phi) is 7.65. The van der Waals surface area contributed by atoms with Gasteiger partial charge in [0.25, 0.3) is 0 Å². The van der Waals surface area contributed by atoms with Crippen LogP contribution in [0.1, 0.15) is 66.7 Å². The summed E-state index contributed by atoms with van der Waals surface area (Å²) in [4.78, 5) is 0. The molecule has 3 unspecified atom stereocenters. The normalized spacial score (nSPS) is 59.8. The molecule has 6 fully saturated rings. The molecule has 17 atom stereocenters. The molecule has 6 heterocycles. The van der Waals surface area contributed by atoms with Crippen LogP contribution in [0.15, 0.2) is 0 Å². The number of rotatable bonds is 1. The largest absolute Gasteiger partial charge is 0.393 e. The Hall–Kier alpha value is -0.400. The maximum atomic E-state index is 11.6. The summed E-state index contributed by atoms with van der Waals surface area (Å²) in [5.41, 5.74) is -0.994. The van der Waals surface area contributed by atoms with Crippen molar-refractivity contribution in [3.8, 4) is 0 Å². The van der Waals surface area contributed by atoms with Crippen LogP contribution in [0.3, 0.4) is 0 Å². The molecule has 10 heteroatoms. The van der Waals surface area contributed by atoms with Gasteiger partial charge in [-0.05, 0) is 31.6 Å². The highest BCUT2D eigenvalue weighted by molar-refractivity contribution is 5.05. The van der Waals surface area contributed by atoms with Crippen LogP contribution in [0.5, 0.6) is 0 Å². The molecule has 0 bridgehead atoms. The lowest BCUT2D eigenvalue weighted by Gasteiger charge is -2.51. The Bertz CT molecular complexity index is 890. The molecule has 10 nitrogen and oxygen atoms in total. The van der Waals surface area contributed by atoms with Crippen LogP contribution in [0.4, 0.5) is 0 Å². The molecule has 4 N–H and O–H groups in total. The van der Waals surface area contributed by atoms with E-state index in [0.717, 1.165) is 12.8 Å². The fraction of sp³-hybridized carbons (Fsp3) is 1.00. The third kappa shape index (κ3) is 4.80. The highest BCUT2D eigenvalue weighted by Gasteiger charge is 2.61. The zero-order valence-corrected chi connectivity index (χ0v) is 23.8. The van der Waals surface area contributed by atoms with Gasteiger partial charge in [-0.3, -0.25) is 0 Å². The fourth-order valence-electron chi connectivity index (χ4n) is 8.19. The zero-order valence-electron chi connectivity index (χ0n) is 23.8. The average molecular weight is 557 g/mol. The molecule has 0 amide bonds. The smallest absolute Gasteiger partial charge is 0.174 e. The van der Waals surface area contributed by atoms with Gasteiger partial charge in [0, 0.05) is 31.1 Å². The Labute approximate surface area is 231 Å². The Morgan fingerprint density at radius 3 is 2.08 bits per heavy atom. The van der Waals surface area contributed by atoms with Gasteiger partial charge in [-0.25, -0.2) is 0 Å². The van der Waals surface area contributed by atoms with Crippen molar-refractivity contribution in [2.45, 2.75) is 145 Å². The Morgan fingerprint density at radius 2 is 1.38 bits per heavy atom. The van der Waals surface area contributed by atoms with Crippen molar-refractivity contribution in [3.63, 3.8) is 0 Å². The number of ether oxygens (including phenoxy) is 6. The van der Waals surface area contributed by atoms with Gasteiger partial charge in [0.2, 0.25) is 0 Å². The Balaban J connectivity index is 1.24. The second-order valence-electron chi connectivity index (χ2n) is 13.7. The summed E-state index contributed by atoms with van der Waals surface area (Å²) in [5, 5.41) is 42.5. The lowest BCUT2D eigenvalue weighted by Crippen LogP contribution is -2.61. The first kappa shape index (κ1) is 28.7. The summed E-state index contributed by atoms with van der Waals surface area (Å²) in [6, 6.07) is 0. The molecular weight excluding hydrogens is 508 g/mol. The second kappa shape index (κ2) is 10.4. The minimum Gasteiger partial charge on any atom is -0.393 e. The molecule has 1 spiro atoms. The van der Waals surface area contributed by atoms with Crippen molar-refractivity contribution in [2.24, 2.45) is 23.7 Å². The van der Waals surface area contributed by atoms with Gasteiger partial charge in [0.15, 0.2) is 5.79 Å². The van der Waals surface area contributed by atoms with Gasteiger partial charge < -0.3 is 48.8 Å². The highest BCUT2D eigenvalue weighted by Crippen LogP contribution is 2.50. The molecule has 6 aliphatic rings. The van der Waals surface area contributed by atoms with E-state index in [1.54, 1.807) is 6.92 Å². The quantitative estimate of drug-likeness (QED) is 0.372. The predicted molar refractivity (Wildman–Crippen MR) is 138 cm³/mol. The van der Waals surface area contributed by atoms with Crippen molar-refractivity contribution in [1.29, 1.82) is 0 Å². The third-order valence-electron chi connectivity index (χ3n) is 10.9. The van der Waals surface area contributed by atoms with E-state index in [1.165, 1.54) is 0 Å². The monoisotopic (exact) mass is 556 g/mol. The van der Waals surface area contributed by atoms with Crippen LogP contribution in [-0.4, -0.2) is 112 Å². The molecule has 39 heavy (non-hydrogen) atoms. The second-order valence-corrected chi connectivity index (χ2v) is 13.7. The van der Waals surface area contributed by atoms with Crippen LogP contribution in [0, 0.1) is 23.7 Å². The number of aliphatic hydroxyl groups excluding tert-OH is 4. The van der Waals surface area contributed by atoms with Gasteiger partial charge in [-0.15, -0.1) is 0 Å². The zero-order chi connectivity index (χ0) is 27.9. The SMILES string of the molecule is CC1C2O[C@H]3C[C@@H](C)C[C@H]4O[C@@](C)(CO)[C@H](O)C[C@@H]4O[C@@H]3C[C@@H]2O[C@@H]2[C@@H](C)[C@H](C)[C@@]3(C[C@H](O)CO3)O[C@H]2C1O. The van der Waals surface area contributed by atoms with Gasteiger partial charge in [-0.2, -0.15) is 0 Å². The first-order valence-corrected chi connectivity index (χ1v) is 15.1. The van der Waals surface area contributed by atoms with E-state index in [4.69, 9.17) is 28.4 Å². The minimum absolute atomic E-state index is 0.0214. The Morgan fingerprint density at radius 1 is 0.718 bits per heavy atom. The van der Waals surface area contributed by atoms with E-state index >= 15 is 0 Å². The molecule has 0 aromatic carbocycles. The van der Waals surface area contributed by atoms with E-state index in [2.05, 4.69) is 20.8 Å². The number of aliphatic hydroxyl groups is 4. The molecule has 0 radical (unpaired) electrons. The highest BCUT2D eigenvalue weighted by atomic mass is 16.7. The van der Waals surface area contributed by atoms with Gasteiger partial charge in [0.1, 0.15) is 11.7 Å². The summed E-state index contributed by atoms with van der Waals surface area (Å²) < 4.78 is 39.1. The van der Waals surface area contributed by atoms with E-state index in [0.29, 0.717) is 19.3 Å². The van der Waals surface area contributed by atoms with Crippen LogP contribution < -0.4 is 0 Å². The molecule has 6 aliphatic heterocycles. The number of fused-ring (bicyclic) bond motifs is 4. The summed E-state index contributed by atoms with van der Waals surface area (Å²) in [6.07, 6.45) is -1.80. The molecular formula is C29H48O10. The van der Waals surface area contributed by atoms with E-state index in [9.17, 15) is 20.4 Å². The summed E-state index contributed by atoms with van der Waals surface area (Å²) in [7, 11) is 0. The summed E-state index contributed by atoms with van der Waals surface area (Å²) in [6.45, 7) is 10.1. The molecule has 0 aromatic rings. The van der Waals surface area contributed by atoms with Gasteiger partial charge >= 0.3 is 0 Å². The topological polar surface area (TPSA) is 136 Å². The van der Waals surface area contributed by atoms with E-state index < -0.39 is 35.8 Å². The van der Waals surface area contributed by atoms with E-state index in [-0.39, 0.29) is 79.6 Å². The van der Waals surface area contributed by atoms with Gasteiger partial charge in [-0.1, -0.05) is 27.7 Å². The maximum absolute atomic E-state index is 11.6. The van der Waals surface area contributed by atoms with Gasteiger partial charge in [0.05, 0.1) is 74.3 Å². The van der Waals surface area contributed by atoms with Crippen LogP contribution >= 0.6 is 0 Å². The van der Waals surface area contributed by atoms with Crippen molar-refractivity contribution >= 4 is 0 Å². The molecule has 224 valence electrons. The van der Waals surface area contributed by atoms with Crippen molar-refractivity contribution < 1.29 is 48.8 Å². The standard InChI is InChI=1S/C29H48O10/c1-13-6-18-19(35-20-9-23(32)28(5,12-30)38-21(20)7-13)8-22-25(36-18)15(3)24(33)27-26(37-22)14(2)16(4)29(39-27)10-17(31)11-34-29/h13-27,30-33H,6-12H2,1-5H3/t13-,14+,15?,16+,17+,18+,19-,20+,21-,22+,23-,24?,25?,26-,27+,28+,29-/m1/s1. The van der Waals surface area contributed by atoms with E-state index in [1.807, 2.05) is 6.92 Å². The van der Waals surface area contributed by atoms with Crippen molar-refractivity contribution in [1.82, 2.24) is 0 Å². The molecule has 0 aliphatic carbocycles. The molecule has 0 saturated carbocycles. The average Bonchev–Trinajstić information content (AvgIpc) is 3.23. The molecule has 6 rings (SSSR count). The lowest BCUT2D eigenvalue weighted by atomic mass is 9.75. The predicted octanol–water partition coefficient (Wildman–Crippen LogP) is 1.14. The number of hydrogen-bond acceptors (Lipinski definition) is 10. The summed E-state index contributed by atoms with van der Waals surface area (Å²) >= 11 is 0. The van der Waals surface area contributed by atoms with Crippen LogP contribution in [0.2, 0.25) is 0 Å². The fourth-order valence-corrected chi connectivity index (χ4v) is 8.19. The van der Waals surface area contributed by atoms with Crippen LogP contribution in [-0.2, 0) is 28.4 Å². The first-order chi connectivity index (χ1) is 18.4. The minimum atomic E-state index is -0.994. The van der Waals surface area contributed by atoms with Crippen LogP contribution in [0.25, 0.3) is 0 Å². The maximum Gasteiger partial charge on any atom is 0.174 e. The molecule has 6 saturated heterocycles. The number of hydrogen-bond donors (Lipinski definition) is 4. The van der Waals surface area contributed by atoms with Crippen molar-refractivity contribution in [3.05, 3.63) is 0 Å². The molecule has 0 aromatic heterocycles.